The molecule has 0 N–H and O–H groups in total. The summed E-state index contributed by atoms with van der Waals surface area (Å²) in [5.41, 5.74) is 1.20. The lowest BCUT2D eigenvalue weighted by Crippen LogP contribution is -2.47. The highest BCUT2D eigenvalue weighted by molar-refractivity contribution is 5.80. The summed E-state index contributed by atoms with van der Waals surface area (Å²) in [7, 11) is 1.65. The second kappa shape index (κ2) is 7.53. The number of methoxy groups -OCH3 is 1. The lowest BCUT2D eigenvalue weighted by Gasteiger charge is -2.36. The molecule has 6 nitrogen and oxygen atoms in total. The predicted molar refractivity (Wildman–Crippen MR) is 97.9 cm³/mol. The number of hydrogen-bond acceptors (Lipinski definition) is 5. The van der Waals surface area contributed by atoms with Gasteiger partial charge in [-0.2, -0.15) is 0 Å². The highest BCUT2D eigenvalue weighted by Gasteiger charge is 2.51. The number of ether oxygens (including phenoxy) is 2. The molecule has 1 aromatic rings. The highest BCUT2D eigenvalue weighted by atomic mass is 16.5. The Bertz CT molecular complexity index is 647. The molecule has 3 heterocycles. The minimum Gasteiger partial charge on any atom is -0.481 e. The maximum absolute atomic E-state index is 13.1. The number of morpholine rings is 1. The Kier molecular flexibility index (Phi) is 5.14. The standard InChI is InChI=1S/C20H29N3O3/c1-25-18-6-2-4-16(21-18)14-22-9-8-20(15-22)7-3-5-17(20)19(24)23-10-12-26-13-11-23/h2,4,6,17H,3,5,7-15H2,1H3/t17-,20-/m1/s1. The number of likely N-dealkylation sites (tertiary alicyclic amines) is 1. The van der Waals surface area contributed by atoms with Crippen molar-refractivity contribution in [2.24, 2.45) is 11.3 Å². The first kappa shape index (κ1) is 17.7. The Morgan fingerprint density at radius 3 is 2.96 bits per heavy atom. The number of hydrogen-bond donors (Lipinski definition) is 0. The molecule has 26 heavy (non-hydrogen) atoms. The molecule has 142 valence electrons. The second-order valence-electron chi connectivity index (χ2n) is 7.88. The van der Waals surface area contributed by atoms with Gasteiger partial charge in [-0.1, -0.05) is 12.5 Å². The van der Waals surface area contributed by atoms with E-state index in [4.69, 9.17) is 9.47 Å². The van der Waals surface area contributed by atoms with Crippen molar-refractivity contribution < 1.29 is 14.3 Å². The fourth-order valence-electron chi connectivity index (χ4n) is 5.02. The lowest BCUT2D eigenvalue weighted by molar-refractivity contribution is -0.143. The van der Waals surface area contributed by atoms with Crippen molar-refractivity contribution in [2.75, 3.05) is 46.5 Å². The summed E-state index contributed by atoms with van der Waals surface area (Å²) in [6, 6.07) is 5.93. The molecule has 6 heteroatoms. The Hall–Kier alpha value is -1.66. The van der Waals surface area contributed by atoms with Crippen molar-refractivity contribution in [3.8, 4) is 5.88 Å². The molecule has 2 atom stereocenters. The van der Waals surface area contributed by atoms with Gasteiger partial charge in [0.2, 0.25) is 11.8 Å². The van der Waals surface area contributed by atoms with E-state index in [1.165, 1.54) is 12.8 Å². The van der Waals surface area contributed by atoms with Crippen LogP contribution < -0.4 is 4.74 Å². The lowest BCUT2D eigenvalue weighted by atomic mass is 9.76. The Balaban J connectivity index is 1.42. The first-order chi connectivity index (χ1) is 12.7. The number of rotatable bonds is 4. The first-order valence-electron chi connectivity index (χ1n) is 9.79. The second-order valence-corrected chi connectivity index (χ2v) is 7.88. The quantitative estimate of drug-likeness (QED) is 0.822. The highest BCUT2D eigenvalue weighted by Crippen LogP contribution is 2.50. The number of carbonyl (C=O) groups excluding carboxylic acids is 1. The third kappa shape index (κ3) is 3.45. The van der Waals surface area contributed by atoms with Crippen LogP contribution in [0, 0.1) is 11.3 Å². The van der Waals surface area contributed by atoms with Crippen LogP contribution >= 0.6 is 0 Å². The minimum absolute atomic E-state index is 0.161. The zero-order chi connectivity index (χ0) is 18.0. The maximum Gasteiger partial charge on any atom is 0.226 e. The van der Waals surface area contributed by atoms with Crippen molar-refractivity contribution in [1.29, 1.82) is 0 Å². The summed E-state index contributed by atoms with van der Waals surface area (Å²) >= 11 is 0. The zero-order valence-electron chi connectivity index (χ0n) is 15.7. The van der Waals surface area contributed by atoms with E-state index in [1.54, 1.807) is 7.11 Å². The van der Waals surface area contributed by atoms with E-state index < -0.39 is 0 Å². The molecule has 2 saturated heterocycles. The van der Waals surface area contributed by atoms with Crippen LogP contribution in [0.4, 0.5) is 0 Å². The molecule has 1 aliphatic carbocycles. The molecule has 3 aliphatic rings. The van der Waals surface area contributed by atoms with Crippen molar-refractivity contribution in [1.82, 2.24) is 14.8 Å². The smallest absolute Gasteiger partial charge is 0.226 e. The Labute approximate surface area is 155 Å². The summed E-state index contributed by atoms with van der Waals surface area (Å²) < 4.78 is 10.7. The summed E-state index contributed by atoms with van der Waals surface area (Å²) in [6.07, 6.45) is 4.51. The summed E-state index contributed by atoms with van der Waals surface area (Å²) in [5.74, 6) is 1.22. The van der Waals surface area contributed by atoms with Crippen LogP contribution in [0.25, 0.3) is 0 Å². The number of aromatic nitrogens is 1. The monoisotopic (exact) mass is 359 g/mol. The molecule has 3 fully saturated rings. The molecule has 1 spiro atoms. The summed E-state index contributed by atoms with van der Waals surface area (Å²) in [6.45, 7) is 5.75. The van der Waals surface area contributed by atoms with Gasteiger partial charge in [0, 0.05) is 38.2 Å². The molecule has 0 radical (unpaired) electrons. The maximum atomic E-state index is 13.1. The first-order valence-corrected chi connectivity index (χ1v) is 9.79. The minimum atomic E-state index is 0.161. The van der Waals surface area contributed by atoms with E-state index in [1.807, 2.05) is 17.0 Å². The largest absolute Gasteiger partial charge is 0.481 e. The third-order valence-electron chi connectivity index (χ3n) is 6.37. The molecule has 0 unspecified atom stereocenters. The van der Waals surface area contributed by atoms with Crippen LogP contribution in [0.2, 0.25) is 0 Å². The molecule has 1 aromatic heterocycles. The van der Waals surface area contributed by atoms with Crippen LogP contribution in [-0.2, 0) is 16.1 Å². The van der Waals surface area contributed by atoms with E-state index in [-0.39, 0.29) is 11.3 Å². The van der Waals surface area contributed by atoms with Crippen LogP contribution in [0.5, 0.6) is 5.88 Å². The van der Waals surface area contributed by atoms with Crippen LogP contribution in [0.3, 0.4) is 0 Å². The van der Waals surface area contributed by atoms with Crippen molar-refractivity contribution in [3.05, 3.63) is 23.9 Å². The molecule has 1 amide bonds. The van der Waals surface area contributed by atoms with Gasteiger partial charge in [-0.15, -0.1) is 0 Å². The normalized spacial score (nSPS) is 29.4. The van der Waals surface area contributed by atoms with E-state index in [0.29, 0.717) is 25.0 Å². The summed E-state index contributed by atoms with van der Waals surface area (Å²) in [4.78, 5) is 22.2. The number of amides is 1. The molecule has 2 aliphatic heterocycles. The van der Waals surface area contributed by atoms with E-state index in [9.17, 15) is 4.79 Å². The van der Waals surface area contributed by atoms with Gasteiger partial charge < -0.3 is 14.4 Å². The number of carbonyl (C=O) groups is 1. The average molecular weight is 359 g/mol. The van der Waals surface area contributed by atoms with E-state index >= 15 is 0 Å². The van der Waals surface area contributed by atoms with E-state index in [2.05, 4.69) is 16.0 Å². The van der Waals surface area contributed by atoms with Crippen LogP contribution in [-0.4, -0.2) is 67.2 Å². The van der Waals surface area contributed by atoms with Gasteiger partial charge in [0.05, 0.1) is 26.0 Å². The fourth-order valence-corrected chi connectivity index (χ4v) is 5.02. The predicted octanol–water partition coefficient (Wildman–Crippen LogP) is 1.94. The van der Waals surface area contributed by atoms with Crippen LogP contribution in [0.15, 0.2) is 18.2 Å². The molecule has 4 rings (SSSR count). The topological polar surface area (TPSA) is 54.9 Å². The molecule has 1 saturated carbocycles. The number of nitrogens with zero attached hydrogens (tertiary/aromatic N) is 3. The van der Waals surface area contributed by atoms with Gasteiger partial charge in [0.25, 0.3) is 0 Å². The fraction of sp³-hybridized carbons (Fsp3) is 0.700. The summed E-state index contributed by atoms with van der Waals surface area (Å²) in [5, 5.41) is 0. The van der Waals surface area contributed by atoms with Gasteiger partial charge in [-0.05, 0) is 37.3 Å². The van der Waals surface area contributed by atoms with Gasteiger partial charge in [-0.25, -0.2) is 4.98 Å². The van der Waals surface area contributed by atoms with Gasteiger partial charge in [-0.3, -0.25) is 9.69 Å². The molecular weight excluding hydrogens is 330 g/mol. The van der Waals surface area contributed by atoms with Gasteiger partial charge in [0.1, 0.15) is 0 Å². The van der Waals surface area contributed by atoms with Gasteiger partial charge >= 0.3 is 0 Å². The third-order valence-corrected chi connectivity index (χ3v) is 6.37. The van der Waals surface area contributed by atoms with Crippen LogP contribution in [0.1, 0.15) is 31.4 Å². The van der Waals surface area contributed by atoms with Crippen molar-refractivity contribution >= 4 is 5.91 Å². The van der Waals surface area contributed by atoms with Gasteiger partial charge in [0.15, 0.2) is 0 Å². The molecule has 0 bridgehead atoms. The van der Waals surface area contributed by atoms with Crippen molar-refractivity contribution in [3.63, 3.8) is 0 Å². The van der Waals surface area contributed by atoms with E-state index in [0.717, 1.165) is 51.3 Å². The average Bonchev–Trinajstić information content (AvgIpc) is 3.29. The number of pyridine rings is 1. The Morgan fingerprint density at radius 1 is 1.31 bits per heavy atom. The Morgan fingerprint density at radius 2 is 2.15 bits per heavy atom. The molecular formula is C20H29N3O3. The SMILES string of the molecule is COc1cccc(CN2CC[C@]3(CCC[C@@H]3C(=O)N3CCOCC3)C2)n1. The zero-order valence-corrected chi connectivity index (χ0v) is 15.7. The molecule has 0 aromatic carbocycles. The van der Waals surface area contributed by atoms with Crippen molar-refractivity contribution in [2.45, 2.75) is 32.2 Å².